The molecular weight excluding hydrogens is 196 g/mol. The van der Waals surface area contributed by atoms with E-state index in [1.807, 2.05) is 0 Å². The van der Waals surface area contributed by atoms with E-state index in [2.05, 4.69) is 10.6 Å². The number of amides is 1. The van der Waals surface area contributed by atoms with Crippen molar-refractivity contribution in [2.75, 3.05) is 13.1 Å². The van der Waals surface area contributed by atoms with Crippen LogP contribution in [0.3, 0.4) is 0 Å². The van der Waals surface area contributed by atoms with Crippen molar-refractivity contribution in [3.05, 3.63) is 0 Å². The summed E-state index contributed by atoms with van der Waals surface area (Å²) in [5.74, 6) is -1.27. The van der Waals surface area contributed by atoms with E-state index in [9.17, 15) is 9.59 Å². The Balaban J connectivity index is 1.89. The lowest BCUT2D eigenvalue weighted by atomic mass is 10.0. The summed E-state index contributed by atoms with van der Waals surface area (Å²) in [6.45, 7) is 1.79. The van der Waals surface area contributed by atoms with Gasteiger partial charge in [-0.05, 0) is 38.8 Å². The maximum Gasteiger partial charge on any atom is 0.319 e. The molecule has 1 saturated carbocycles. The van der Waals surface area contributed by atoms with Crippen molar-refractivity contribution in [2.24, 2.45) is 5.41 Å². The zero-order valence-corrected chi connectivity index (χ0v) is 8.58. The lowest BCUT2D eigenvalue weighted by molar-refractivity contribution is -0.149. The van der Waals surface area contributed by atoms with Crippen LogP contribution < -0.4 is 10.6 Å². The third kappa shape index (κ3) is 1.97. The number of rotatable bonds is 3. The van der Waals surface area contributed by atoms with Crippen LogP contribution in [0.1, 0.15) is 25.7 Å². The summed E-state index contributed by atoms with van der Waals surface area (Å²) in [5, 5.41) is 15.0. The molecule has 5 heteroatoms. The maximum absolute atomic E-state index is 11.7. The van der Waals surface area contributed by atoms with Gasteiger partial charge >= 0.3 is 5.97 Å². The first-order chi connectivity index (χ1) is 7.15. The summed E-state index contributed by atoms with van der Waals surface area (Å²) in [4.78, 5) is 22.6. The van der Waals surface area contributed by atoms with Crippen LogP contribution in [0.4, 0.5) is 0 Å². The van der Waals surface area contributed by atoms with Gasteiger partial charge in [0.15, 0.2) is 0 Å². The van der Waals surface area contributed by atoms with Gasteiger partial charge in [-0.1, -0.05) is 0 Å². The Hall–Kier alpha value is -1.10. The standard InChI is InChI=1S/C10H16N2O3/c13-8(10(3-4-10)9(14)15)12-7-1-5-11-6-2-7/h7,11H,1-6H2,(H,12,13)(H,14,15). The molecule has 15 heavy (non-hydrogen) atoms. The number of nitrogens with one attached hydrogen (secondary N) is 2. The smallest absolute Gasteiger partial charge is 0.319 e. The first kappa shape index (κ1) is 10.4. The molecule has 5 nitrogen and oxygen atoms in total. The minimum Gasteiger partial charge on any atom is -0.480 e. The van der Waals surface area contributed by atoms with Crippen molar-refractivity contribution in [1.29, 1.82) is 0 Å². The van der Waals surface area contributed by atoms with Crippen LogP contribution in [0.25, 0.3) is 0 Å². The zero-order valence-electron chi connectivity index (χ0n) is 8.58. The number of aliphatic carboxylic acids is 1. The molecule has 0 bridgehead atoms. The molecule has 84 valence electrons. The van der Waals surface area contributed by atoms with E-state index < -0.39 is 11.4 Å². The molecule has 0 aromatic carbocycles. The molecule has 1 amide bonds. The zero-order chi connectivity index (χ0) is 10.9. The highest BCUT2D eigenvalue weighted by molar-refractivity contribution is 6.04. The second-order valence-corrected chi connectivity index (χ2v) is 4.38. The van der Waals surface area contributed by atoms with Crippen molar-refractivity contribution >= 4 is 11.9 Å². The Morgan fingerprint density at radius 3 is 2.33 bits per heavy atom. The average Bonchev–Trinajstić information content (AvgIpc) is 2.99. The normalized spacial score (nSPS) is 24.5. The highest BCUT2D eigenvalue weighted by atomic mass is 16.4. The molecule has 2 rings (SSSR count). The third-order valence-corrected chi connectivity index (χ3v) is 3.27. The fraction of sp³-hybridized carbons (Fsp3) is 0.800. The molecule has 3 N–H and O–H groups in total. The Kier molecular flexibility index (Phi) is 2.65. The molecule has 0 aromatic heterocycles. The number of carboxylic acids is 1. The van der Waals surface area contributed by atoms with Crippen molar-refractivity contribution in [3.8, 4) is 0 Å². The number of piperidine rings is 1. The van der Waals surface area contributed by atoms with E-state index in [4.69, 9.17) is 5.11 Å². The summed E-state index contributed by atoms with van der Waals surface area (Å²) < 4.78 is 0. The van der Waals surface area contributed by atoms with Gasteiger partial charge in [0, 0.05) is 6.04 Å². The van der Waals surface area contributed by atoms with Crippen molar-refractivity contribution in [3.63, 3.8) is 0 Å². The van der Waals surface area contributed by atoms with Gasteiger partial charge < -0.3 is 15.7 Å². The second kappa shape index (κ2) is 3.81. The molecule has 1 aliphatic heterocycles. The molecule has 0 radical (unpaired) electrons. The number of hydrogen-bond donors (Lipinski definition) is 3. The number of carbonyl (C=O) groups excluding carboxylic acids is 1. The van der Waals surface area contributed by atoms with E-state index >= 15 is 0 Å². The first-order valence-corrected chi connectivity index (χ1v) is 5.40. The molecule has 2 aliphatic rings. The van der Waals surface area contributed by atoms with Crippen LogP contribution in [-0.4, -0.2) is 36.1 Å². The van der Waals surface area contributed by atoms with Crippen LogP contribution in [0.5, 0.6) is 0 Å². The van der Waals surface area contributed by atoms with Gasteiger partial charge in [0.2, 0.25) is 5.91 Å². The van der Waals surface area contributed by atoms with E-state index in [0.717, 1.165) is 25.9 Å². The van der Waals surface area contributed by atoms with Gasteiger partial charge in [-0.2, -0.15) is 0 Å². The van der Waals surface area contributed by atoms with Crippen molar-refractivity contribution in [2.45, 2.75) is 31.7 Å². The van der Waals surface area contributed by atoms with Crippen LogP contribution in [0.2, 0.25) is 0 Å². The Morgan fingerprint density at radius 1 is 1.27 bits per heavy atom. The quantitative estimate of drug-likeness (QED) is 0.562. The van der Waals surface area contributed by atoms with Gasteiger partial charge in [0.25, 0.3) is 0 Å². The second-order valence-electron chi connectivity index (χ2n) is 4.38. The number of carbonyl (C=O) groups is 2. The van der Waals surface area contributed by atoms with Gasteiger partial charge in [-0.15, -0.1) is 0 Å². The molecule has 2 fully saturated rings. The monoisotopic (exact) mass is 212 g/mol. The maximum atomic E-state index is 11.7. The largest absolute Gasteiger partial charge is 0.480 e. The fourth-order valence-corrected chi connectivity index (χ4v) is 1.95. The Morgan fingerprint density at radius 2 is 1.87 bits per heavy atom. The van der Waals surface area contributed by atoms with Gasteiger partial charge in [0.05, 0.1) is 0 Å². The predicted molar refractivity (Wildman–Crippen MR) is 53.3 cm³/mol. The molecular formula is C10H16N2O3. The molecule has 0 unspecified atom stereocenters. The van der Waals surface area contributed by atoms with E-state index in [-0.39, 0.29) is 11.9 Å². The molecule has 1 aliphatic carbocycles. The molecule has 0 atom stereocenters. The van der Waals surface area contributed by atoms with E-state index in [1.54, 1.807) is 0 Å². The minimum absolute atomic E-state index is 0.149. The topological polar surface area (TPSA) is 78.4 Å². The lowest BCUT2D eigenvalue weighted by Crippen LogP contribution is -2.47. The third-order valence-electron chi connectivity index (χ3n) is 3.27. The van der Waals surface area contributed by atoms with Gasteiger partial charge in [0.1, 0.15) is 5.41 Å². The first-order valence-electron chi connectivity index (χ1n) is 5.40. The van der Waals surface area contributed by atoms with Gasteiger partial charge in [-0.3, -0.25) is 9.59 Å². The summed E-state index contributed by atoms with van der Waals surface area (Å²) >= 11 is 0. The summed E-state index contributed by atoms with van der Waals surface area (Å²) in [6, 6.07) is 0.149. The molecule has 0 spiro atoms. The summed E-state index contributed by atoms with van der Waals surface area (Å²) in [5.41, 5.74) is -1.09. The van der Waals surface area contributed by atoms with E-state index in [1.165, 1.54) is 0 Å². The molecule has 1 heterocycles. The Bertz CT molecular complexity index is 280. The highest BCUT2D eigenvalue weighted by Crippen LogP contribution is 2.46. The van der Waals surface area contributed by atoms with E-state index in [0.29, 0.717) is 12.8 Å². The van der Waals surface area contributed by atoms with Gasteiger partial charge in [-0.25, -0.2) is 0 Å². The lowest BCUT2D eigenvalue weighted by Gasteiger charge is -2.25. The van der Waals surface area contributed by atoms with Crippen LogP contribution in [0.15, 0.2) is 0 Å². The SMILES string of the molecule is O=C(O)C1(C(=O)NC2CCNCC2)CC1. The summed E-state index contributed by atoms with van der Waals surface area (Å²) in [7, 11) is 0. The number of carboxylic acid groups (broad SMARTS) is 1. The number of hydrogen-bond acceptors (Lipinski definition) is 3. The van der Waals surface area contributed by atoms with Crippen LogP contribution in [0, 0.1) is 5.41 Å². The van der Waals surface area contributed by atoms with Crippen molar-refractivity contribution in [1.82, 2.24) is 10.6 Å². The highest BCUT2D eigenvalue weighted by Gasteiger charge is 2.57. The average molecular weight is 212 g/mol. The van der Waals surface area contributed by atoms with Crippen LogP contribution >= 0.6 is 0 Å². The van der Waals surface area contributed by atoms with Crippen LogP contribution in [-0.2, 0) is 9.59 Å². The minimum atomic E-state index is -1.09. The predicted octanol–water partition coefficient (Wildman–Crippen LogP) is -0.281. The Labute approximate surface area is 88.2 Å². The summed E-state index contributed by atoms with van der Waals surface area (Å²) in [6.07, 6.45) is 2.75. The fourth-order valence-electron chi connectivity index (χ4n) is 1.95. The molecule has 1 saturated heterocycles. The molecule has 0 aromatic rings. The van der Waals surface area contributed by atoms with Crippen molar-refractivity contribution < 1.29 is 14.7 Å².